The smallest absolute Gasteiger partial charge is 0.387 e. The normalized spacial score (nSPS) is 18.2. The van der Waals surface area contributed by atoms with Crippen LogP contribution in [0.5, 0.6) is 5.75 Å². The van der Waals surface area contributed by atoms with Gasteiger partial charge in [-0.15, -0.1) is 0 Å². The van der Waals surface area contributed by atoms with Gasteiger partial charge >= 0.3 is 12.6 Å². The Labute approximate surface area is 175 Å². The van der Waals surface area contributed by atoms with Crippen molar-refractivity contribution in [3.05, 3.63) is 45.5 Å². The topological polar surface area (TPSA) is 97.8 Å². The Kier molecular flexibility index (Phi) is 5.65. The number of halogens is 3. The predicted molar refractivity (Wildman–Crippen MR) is 109 cm³/mol. The van der Waals surface area contributed by atoms with E-state index in [1.165, 1.54) is 4.57 Å². The van der Waals surface area contributed by atoms with Crippen LogP contribution < -0.4 is 20.8 Å². The number of carboxylic acid groups (broad SMARTS) is 1. The van der Waals surface area contributed by atoms with Gasteiger partial charge in [0.05, 0.1) is 10.9 Å². The second-order valence-corrected chi connectivity index (χ2v) is 7.75. The van der Waals surface area contributed by atoms with Gasteiger partial charge < -0.3 is 25.0 Å². The zero-order valence-corrected chi connectivity index (χ0v) is 16.6. The van der Waals surface area contributed by atoms with E-state index in [0.717, 1.165) is 24.3 Å². The molecule has 0 atom stereocenters. The number of aromatic nitrogens is 1. The minimum absolute atomic E-state index is 0.0101. The van der Waals surface area contributed by atoms with Crippen molar-refractivity contribution in [1.82, 2.24) is 4.57 Å². The molecular weight excluding hydrogens is 415 g/mol. The molecule has 0 radical (unpaired) electrons. The summed E-state index contributed by atoms with van der Waals surface area (Å²) >= 11 is 0. The first-order valence-corrected chi connectivity index (χ1v) is 10.0. The van der Waals surface area contributed by atoms with Crippen LogP contribution in [0, 0.1) is 5.82 Å². The summed E-state index contributed by atoms with van der Waals surface area (Å²) in [6, 6.07) is 0.756. The van der Waals surface area contributed by atoms with E-state index in [1.807, 2.05) is 6.08 Å². The fraction of sp³-hybridized carbons (Fsp3) is 0.429. The zero-order chi connectivity index (χ0) is 22.3. The summed E-state index contributed by atoms with van der Waals surface area (Å²) in [4.78, 5) is 25.9. The van der Waals surface area contributed by atoms with Gasteiger partial charge in [0, 0.05) is 31.9 Å². The fourth-order valence-corrected chi connectivity index (χ4v) is 4.16. The van der Waals surface area contributed by atoms with Crippen molar-refractivity contribution in [2.75, 3.05) is 24.5 Å². The number of ether oxygens (including phenoxy) is 1. The Bertz CT molecular complexity index is 1130. The number of piperidine rings is 1. The van der Waals surface area contributed by atoms with E-state index < -0.39 is 35.1 Å². The molecular formula is C21H22F3N3O4. The first-order valence-electron chi connectivity index (χ1n) is 10.0. The van der Waals surface area contributed by atoms with Crippen molar-refractivity contribution in [3.63, 3.8) is 0 Å². The summed E-state index contributed by atoms with van der Waals surface area (Å²) in [7, 11) is 0. The molecule has 0 bridgehead atoms. The van der Waals surface area contributed by atoms with Crippen LogP contribution in [-0.2, 0) is 0 Å². The lowest BCUT2D eigenvalue weighted by Gasteiger charge is -2.33. The molecule has 0 amide bonds. The first-order chi connectivity index (χ1) is 14.8. The third kappa shape index (κ3) is 3.99. The molecule has 3 N–H and O–H groups in total. The standard InChI is InChI=1S/C21H22F3N3O4/c22-15-8-13-16(27(12-3-4-12)10-14(18(13)28)20(29)30)19(31-21(23)24)17(15)26-7-1-2-11(9-26)5-6-25/h5,8,10,12,21H,1-4,6-7,9,25H2,(H,29,30)/b11-5+. The van der Waals surface area contributed by atoms with Crippen LogP contribution in [0.2, 0.25) is 0 Å². The quantitative estimate of drug-likeness (QED) is 0.674. The van der Waals surface area contributed by atoms with Crippen LogP contribution in [0.4, 0.5) is 18.9 Å². The van der Waals surface area contributed by atoms with Crippen LogP contribution in [0.25, 0.3) is 10.9 Å². The van der Waals surface area contributed by atoms with E-state index in [4.69, 9.17) is 10.5 Å². The third-order valence-electron chi connectivity index (χ3n) is 5.62. The molecule has 2 aromatic rings. The number of carboxylic acids is 1. The molecule has 1 aromatic heterocycles. The number of nitrogens with zero attached hydrogens (tertiary/aromatic N) is 2. The van der Waals surface area contributed by atoms with Crippen LogP contribution in [0.3, 0.4) is 0 Å². The fourth-order valence-electron chi connectivity index (χ4n) is 4.16. The van der Waals surface area contributed by atoms with E-state index in [2.05, 4.69) is 0 Å². The van der Waals surface area contributed by atoms with Crippen molar-refractivity contribution >= 4 is 22.6 Å². The molecule has 1 saturated heterocycles. The van der Waals surface area contributed by atoms with Crippen LogP contribution in [0.1, 0.15) is 42.1 Å². The number of rotatable bonds is 6. The number of hydrogen-bond acceptors (Lipinski definition) is 5. The van der Waals surface area contributed by atoms with E-state index in [9.17, 15) is 23.5 Å². The van der Waals surface area contributed by atoms with E-state index >= 15 is 4.39 Å². The van der Waals surface area contributed by atoms with Gasteiger partial charge in [-0.3, -0.25) is 4.79 Å². The number of alkyl halides is 2. The van der Waals surface area contributed by atoms with Gasteiger partial charge in [0.2, 0.25) is 5.43 Å². The van der Waals surface area contributed by atoms with Crippen LogP contribution in [0.15, 0.2) is 28.7 Å². The molecule has 2 heterocycles. The number of pyridine rings is 1. The second kappa shape index (κ2) is 8.26. The summed E-state index contributed by atoms with van der Waals surface area (Å²) in [5.74, 6) is -2.83. The highest BCUT2D eigenvalue weighted by molar-refractivity contribution is 5.97. The summed E-state index contributed by atoms with van der Waals surface area (Å²) in [5, 5.41) is 9.10. The number of hydrogen-bond donors (Lipinski definition) is 2. The largest absolute Gasteiger partial charge is 0.477 e. The molecule has 7 nitrogen and oxygen atoms in total. The minimum Gasteiger partial charge on any atom is -0.477 e. The van der Waals surface area contributed by atoms with E-state index in [1.54, 1.807) is 4.90 Å². The Morgan fingerprint density at radius 2 is 2.13 bits per heavy atom. The number of aromatic carboxylic acids is 1. The van der Waals surface area contributed by atoms with Gasteiger partial charge in [-0.2, -0.15) is 8.78 Å². The SMILES string of the molecule is NC/C=C1\CCCN(c2c(F)cc3c(=O)c(C(=O)O)cn(C4CC4)c3c2OC(F)F)C1. The highest BCUT2D eigenvalue weighted by Crippen LogP contribution is 2.45. The Morgan fingerprint density at radius 1 is 1.39 bits per heavy atom. The van der Waals surface area contributed by atoms with Crippen LogP contribution in [-0.4, -0.2) is 41.9 Å². The lowest BCUT2D eigenvalue weighted by atomic mass is 10.0. The summed E-state index contributed by atoms with van der Waals surface area (Å²) in [6.07, 6.45) is 5.77. The van der Waals surface area contributed by atoms with Gasteiger partial charge in [0.25, 0.3) is 0 Å². The highest BCUT2D eigenvalue weighted by Gasteiger charge is 2.33. The van der Waals surface area contributed by atoms with Crippen molar-refractivity contribution in [2.24, 2.45) is 5.73 Å². The maximum absolute atomic E-state index is 15.3. The monoisotopic (exact) mass is 437 g/mol. The molecule has 2 fully saturated rings. The first kappa shape index (κ1) is 21.2. The molecule has 1 saturated carbocycles. The van der Waals surface area contributed by atoms with Gasteiger partial charge in [0.1, 0.15) is 11.3 Å². The van der Waals surface area contributed by atoms with Gasteiger partial charge in [-0.25, -0.2) is 9.18 Å². The second-order valence-electron chi connectivity index (χ2n) is 7.75. The maximum Gasteiger partial charge on any atom is 0.387 e. The Morgan fingerprint density at radius 3 is 2.74 bits per heavy atom. The van der Waals surface area contributed by atoms with Crippen molar-refractivity contribution in [1.29, 1.82) is 0 Å². The lowest BCUT2D eigenvalue weighted by molar-refractivity contribution is -0.0488. The number of anilines is 1. The zero-order valence-electron chi connectivity index (χ0n) is 16.6. The van der Waals surface area contributed by atoms with Crippen LogP contribution >= 0.6 is 0 Å². The number of fused-ring (bicyclic) bond motifs is 1. The molecule has 166 valence electrons. The van der Waals surface area contributed by atoms with Gasteiger partial charge in [-0.1, -0.05) is 11.6 Å². The summed E-state index contributed by atoms with van der Waals surface area (Å²) in [6.45, 7) is -2.25. The lowest BCUT2D eigenvalue weighted by Crippen LogP contribution is -2.33. The molecule has 0 spiro atoms. The third-order valence-corrected chi connectivity index (χ3v) is 5.62. The number of benzene rings is 1. The van der Waals surface area contributed by atoms with E-state index in [0.29, 0.717) is 38.9 Å². The number of carbonyl (C=O) groups is 1. The van der Waals surface area contributed by atoms with Gasteiger partial charge in [0.15, 0.2) is 11.6 Å². The molecule has 1 aliphatic carbocycles. The molecule has 31 heavy (non-hydrogen) atoms. The molecule has 0 unspecified atom stereocenters. The van der Waals surface area contributed by atoms with Gasteiger partial charge in [-0.05, 0) is 31.7 Å². The number of nitrogens with two attached hydrogens (primary N) is 1. The summed E-state index contributed by atoms with van der Waals surface area (Å²) in [5.41, 5.74) is 4.89. The van der Waals surface area contributed by atoms with Crippen molar-refractivity contribution < 1.29 is 27.8 Å². The molecule has 2 aliphatic rings. The minimum atomic E-state index is -3.26. The summed E-state index contributed by atoms with van der Waals surface area (Å²) < 4.78 is 48.4. The molecule has 1 aromatic carbocycles. The Hall–Kier alpha value is -3.01. The molecule has 10 heteroatoms. The van der Waals surface area contributed by atoms with Crippen molar-refractivity contribution in [3.8, 4) is 5.75 Å². The Balaban J connectivity index is 2.01. The predicted octanol–water partition coefficient (Wildman–Crippen LogP) is 3.26. The van der Waals surface area contributed by atoms with Crippen molar-refractivity contribution in [2.45, 2.75) is 38.3 Å². The van der Waals surface area contributed by atoms with E-state index in [-0.39, 0.29) is 22.6 Å². The highest BCUT2D eigenvalue weighted by atomic mass is 19.3. The average Bonchev–Trinajstić information content (AvgIpc) is 3.54. The maximum atomic E-state index is 15.3. The molecule has 1 aliphatic heterocycles. The molecule has 4 rings (SSSR count). The average molecular weight is 437 g/mol.